The molecule has 2 nitrogen and oxygen atoms in total. The summed E-state index contributed by atoms with van der Waals surface area (Å²) in [4.78, 5) is 1.27. The van der Waals surface area contributed by atoms with Gasteiger partial charge in [-0.25, -0.2) is 0 Å². The molecule has 2 aromatic rings. The third-order valence-corrected chi connectivity index (χ3v) is 3.01. The lowest BCUT2D eigenvalue weighted by Gasteiger charge is -1.97. The Morgan fingerprint density at radius 3 is 2.93 bits per heavy atom. The van der Waals surface area contributed by atoms with Gasteiger partial charge in [0.05, 0.1) is 5.69 Å². The van der Waals surface area contributed by atoms with Crippen LogP contribution in [0.1, 0.15) is 10.4 Å². The zero-order valence-corrected chi connectivity index (χ0v) is 9.77. The minimum Gasteiger partial charge on any atom is -0.315 e. The summed E-state index contributed by atoms with van der Waals surface area (Å²) < 4.78 is 4.45. The van der Waals surface area contributed by atoms with Crippen LogP contribution in [0.15, 0.2) is 30.3 Å². The molecule has 1 aromatic heterocycles. The van der Waals surface area contributed by atoms with E-state index >= 15 is 0 Å². The molecule has 0 amide bonds. The van der Waals surface area contributed by atoms with Gasteiger partial charge in [-0.05, 0) is 37.6 Å². The highest BCUT2D eigenvalue weighted by Crippen LogP contribution is 2.22. The summed E-state index contributed by atoms with van der Waals surface area (Å²) in [7, 11) is 1.95. The van der Waals surface area contributed by atoms with E-state index in [4.69, 9.17) is 0 Å². The molecule has 1 aromatic carbocycles. The zero-order chi connectivity index (χ0) is 10.7. The van der Waals surface area contributed by atoms with Crippen molar-refractivity contribution in [1.82, 2.24) is 9.69 Å². The van der Waals surface area contributed by atoms with Crippen molar-refractivity contribution in [3.8, 4) is 11.3 Å². The first-order chi connectivity index (χ1) is 7.29. The Kier molecular flexibility index (Phi) is 3.14. The molecule has 0 saturated carbocycles. The topological polar surface area (TPSA) is 24.9 Å². The summed E-state index contributed by atoms with van der Waals surface area (Å²) in [5.74, 6) is 0. The molecule has 0 spiro atoms. The molecule has 0 unspecified atom stereocenters. The molecule has 0 aliphatic heterocycles. The number of aryl methyl sites for hydroxylation is 1. The minimum absolute atomic E-state index is 0.892. The van der Waals surface area contributed by atoms with Crippen LogP contribution >= 0.6 is 11.5 Å². The highest BCUT2D eigenvalue weighted by Gasteiger charge is 2.03. The van der Waals surface area contributed by atoms with Crippen LogP contribution in [0.25, 0.3) is 11.3 Å². The Morgan fingerprint density at radius 2 is 2.20 bits per heavy atom. The second kappa shape index (κ2) is 4.55. The predicted octanol–water partition coefficient (Wildman–Crippen LogP) is 2.84. The van der Waals surface area contributed by atoms with E-state index in [2.05, 4.69) is 46.9 Å². The molecule has 0 radical (unpaired) electrons. The Bertz CT molecular complexity index is 448. The normalized spacial score (nSPS) is 10.5. The van der Waals surface area contributed by atoms with Gasteiger partial charge >= 0.3 is 0 Å². The maximum Gasteiger partial charge on any atom is 0.0844 e. The fraction of sp³-hybridized carbons (Fsp3) is 0.250. The zero-order valence-electron chi connectivity index (χ0n) is 8.95. The van der Waals surface area contributed by atoms with Crippen LogP contribution in [0.5, 0.6) is 0 Å². The van der Waals surface area contributed by atoms with Crippen molar-refractivity contribution in [3.63, 3.8) is 0 Å². The molecule has 15 heavy (non-hydrogen) atoms. The lowest BCUT2D eigenvalue weighted by Crippen LogP contribution is -2.02. The van der Waals surface area contributed by atoms with Crippen molar-refractivity contribution in [2.75, 3.05) is 7.05 Å². The van der Waals surface area contributed by atoms with Gasteiger partial charge in [0, 0.05) is 17.0 Å². The number of aromatic nitrogens is 1. The molecular formula is C12H14N2S. The summed E-state index contributed by atoms with van der Waals surface area (Å²) >= 11 is 1.56. The standard InChI is InChI=1S/C12H14N2S/c1-9-4-3-5-10(6-9)12-7-11(8-13-2)15-14-12/h3-7,13H,8H2,1-2H3. The van der Waals surface area contributed by atoms with Gasteiger partial charge in [0.1, 0.15) is 0 Å². The Labute approximate surface area is 94.1 Å². The average molecular weight is 218 g/mol. The second-order valence-electron chi connectivity index (χ2n) is 3.58. The lowest BCUT2D eigenvalue weighted by molar-refractivity contribution is 0.831. The van der Waals surface area contributed by atoms with Gasteiger partial charge in [-0.15, -0.1) is 0 Å². The van der Waals surface area contributed by atoms with Crippen molar-refractivity contribution in [2.45, 2.75) is 13.5 Å². The summed E-state index contributed by atoms with van der Waals surface area (Å²) in [5.41, 5.74) is 3.55. The van der Waals surface area contributed by atoms with Crippen LogP contribution in [-0.4, -0.2) is 11.4 Å². The first kappa shape index (κ1) is 10.3. The van der Waals surface area contributed by atoms with E-state index in [0.717, 1.165) is 12.2 Å². The van der Waals surface area contributed by atoms with Crippen molar-refractivity contribution < 1.29 is 0 Å². The SMILES string of the molecule is CNCc1cc(-c2cccc(C)c2)ns1. The molecular weight excluding hydrogens is 204 g/mol. The largest absolute Gasteiger partial charge is 0.315 e. The van der Waals surface area contributed by atoms with Crippen LogP contribution in [0.2, 0.25) is 0 Å². The molecule has 3 heteroatoms. The molecule has 0 saturated heterocycles. The van der Waals surface area contributed by atoms with E-state index in [1.807, 2.05) is 7.05 Å². The third-order valence-electron chi connectivity index (χ3n) is 2.22. The fourth-order valence-electron chi connectivity index (χ4n) is 1.51. The number of rotatable bonds is 3. The van der Waals surface area contributed by atoms with Gasteiger partial charge < -0.3 is 5.32 Å². The van der Waals surface area contributed by atoms with Gasteiger partial charge in [-0.1, -0.05) is 23.8 Å². The Hall–Kier alpha value is -1.19. The van der Waals surface area contributed by atoms with Gasteiger partial charge in [-0.2, -0.15) is 4.37 Å². The molecule has 0 aliphatic rings. The molecule has 0 aliphatic carbocycles. The van der Waals surface area contributed by atoms with Crippen LogP contribution < -0.4 is 5.32 Å². The Morgan fingerprint density at radius 1 is 1.33 bits per heavy atom. The quantitative estimate of drug-likeness (QED) is 0.857. The highest BCUT2D eigenvalue weighted by atomic mass is 32.1. The van der Waals surface area contributed by atoms with Crippen LogP contribution in [0.4, 0.5) is 0 Å². The molecule has 1 heterocycles. The summed E-state index contributed by atoms with van der Waals surface area (Å²) in [6, 6.07) is 10.6. The first-order valence-corrected chi connectivity index (χ1v) is 5.74. The highest BCUT2D eigenvalue weighted by molar-refractivity contribution is 7.06. The van der Waals surface area contributed by atoms with Gasteiger partial charge in [0.25, 0.3) is 0 Å². The number of nitrogens with zero attached hydrogens (tertiary/aromatic N) is 1. The van der Waals surface area contributed by atoms with E-state index in [1.54, 1.807) is 11.5 Å². The first-order valence-electron chi connectivity index (χ1n) is 4.97. The predicted molar refractivity (Wildman–Crippen MR) is 65.1 cm³/mol. The van der Waals surface area contributed by atoms with E-state index in [0.29, 0.717) is 0 Å². The van der Waals surface area contributed by atoms with Crippen molar-refractivity contribution in [1.29, 1.82) is 0 Å². The number of nitrogens with one attached hydrogen (secondary N) is 1. The molecule has 78 valence electrons. The van der Waals surface area contributed by atoms with Crippen molar-refractivity contribution in [3.05, 3.63) is 40.8 Å². The monoisotopic (exact) mass is 218 g/mol. The molecule has 1 N–H and O–H groups in total. The van der Waals surface area contributed by atoms with Gasteiger partial charge in [0.2, 0.25) is 0 Å². The third kappa shape index (κ3) is 2.43. The van der Waals surface area contributed by atoms with Gasteiger partial charge in [0.15, 0.2) is 0 Å². The van der Waals surface area contributed by atoms with E-state index in [1.165, 1.54) is 16.0 Å². The van der Waals surface area contributed by atoms with Crippen molar-refractivity contribution in [2.24, 2.45) is 0 Å². The summed E-state index contributed by atoms with van der Waals surface area (Å²) in [6.45, 7) is 2.99. The number of hydrogen-bond donors (Lipinski definition) is 1. The molecule has 0 fully saturated rings. The molecule has 2 rings (SSSR count). The minimum atomic E-state index is 0.892. The maximum atomic E-state index is 4.45. The maximum absolute atomic E-state index is 4.45. The fourth-order valence-corrected chi connectivity index (χ4v) is 2.26. The summed E-state index contributed by atoms with van der Waals surface area (Å²) in [6.07, 6.45) is 0. The average Bonchev–Trinajstić information content (AvgIpc) is 2.67. The number of benzene rings is 1. The van der Waals surface area contributed by atoms with E-state index < -0.39 is 0 Å². The molecule has 0 atom stereocenters. The lowest BCUT2D eigenvalue weighted by atomic mass is 10.1. The van der Waals surface area contributed by atoms with Gasteiger partial charge in [-0.3, -0.25) is 0 Å². The molecule has 0 bridgehead atoms. The Balaban J connectivity index is 2.29. The number of hydrogen-bond acceptors (Lipinski definition) is 3. The summed E-state index contributed by atoms with van der Waals surface area (Å²) in [5, 5.41) is 3.13. The van der Waals surface area contributed by atoms with E-state index in [-0.39, 0.29) is 0 Å². The van der Waals surface area contributed by atoms with Crippen LogP contribution in [0.3, 0.4) is 0 Å². The van der Waals surface area contributed by atoms with E-state index in [9.17, 15) is 0 Å². The van der Waals surface area contributed by atoms with Crippen LogP contribution in [-0.2, 0) is 6.54 Å². The van der Waals surface area contributed by atoms with Crippen LogP contribution in [0, 0.1) is 6.92 Å². The second-order valence-corrected chi connectivity index (χ2v) is 4.47. The smallest absolute Gasteiger partial charge is 0.0844 e. The van der Waals surface area contributed by atoms with Crippen molar-refractivity contribution >= 4 is 11.5 Å².